The number of allylic oxidation sites excluding steroid dienone is 6. The van der Waals surface area contributed by atoms with Crippen LogP contribution in [0.4, 0.5) is 28.4 Å². The Bertz CT molecular complexity index is 3010. The van der Waals surface area contributed by atoms with E-state index in [9.17, 15) is 0 Å². The number of hydrogen-bond acceptors (Lipinski definition) is 2. The average Bonchev–Trinajstić information content (AvgIpc) is 3.83. The van der Waals surface area contributed by atoms with E-state index in [1.807, 2.05) is 27.7 Å². The first-order valence-corrected chi connectivity index (χ1v) is 22.9. The van der Waals surface area contributed by atoms with Crippen molar-refractivity contribution in [2.24, 2.45) is 0 Å². The summed E-state index contributed by atoms with van der Waals surface area (Å²) < 4.78 is 0. The second-order valence-electron chi connectivity index (χ2n) is 15.8. The minimum Gasteiger partial charge on any atom is -0.341 e. The van der Waals surface area contributed by atoms with Crippen LogP contribution in [0.2, 0.25) is 0 Å². The maximum Gasteiger partial charge on any atom is 0.0685 e. The van der Waals surface area contributed by atoms with Crippen molar-refractivity contribution in [2.75, 3.05) is 16.3 Å². The normalized spacial score (nSPS) is 15.6. The summed E-state index contributed by atoms with van der Waals surface area (Å²) in [6.07, 6.45) is 9.90. The van der Waals surface area contributed by atoms with E-state index < -0.39 is 5.41 Å². The van der Waals surface area contributed by atoms with Gasteiger partial charge in [-0.25, -0.2) is 0 Å². The molecule has 0 aliphatic heterocycles. The molecule has 0 saturated carbocycles. The number of nitrogens with zero attached hydrogens (tertiary/aromatic N) is 2. The van der Waals surface area contributed by atoms with Crippen molar-refractivity contribution in [3.8, 4) is 11.1 Å². The van der Waals surface area contributed by atoms with Crippen LogP contribution in [0.1, 0.15) is 58.1 Å². The van der Waals surface area contributed by atoms with Crippen molar-refractivity contribution in [3.05, 3.63) is 246 Å². The zero-order valence-corrected chi connectivity index (χ0v) is 37.1. The van der Waals surface area contributed by atoms with Gasteiger partial charge in [0.25, 0.3) is 0 Å². The van der Waals surface area contributed by atoms with Gasteiger partial charge in [0.2, 0.25) is 0 Å². The van der Waals surface area contributed by atoms with E-state index in [1.165, 1.54) is 88.8 Å². The van der Waals surface area contributed by atoms with Gasteiger partial charge < -0.3 is 9.80 Å². The van der Waals surface area contributed by atoms with Gasteiger partial charge in [-0.15, -0.1) is 0 Å². The fourth-order valence-electron chi connectivity index (χ4n) is 10.6. The van der Waals surface area contributed by atoms with Crippen molar-refractivity contribution < 1.29 is 0 Å². The lowest BCUT2D eigenvalue weighted by Crippen LogP contribution is -2.28. The third-order valence-electron chi connectivity index (χ3n) is 12.9. The van der Waals surface area contributed by atoms with Crippen LogP contribution >= 0.6 is 0 Å². The lowest BCUT2D eigenvalue weighted by atomic mass is 9.67. The van der Waals surface area contributed by atoms with Gasteiger partial charge in [0, 0.05) is 39.9 Å². The largest absolute Gasteiger partial charge is 0.341 e. The Morgan fingerprint density at radius 3 is 1.78 bits per heavy atom. The average molecular weight is 817 g/mol. The third kappa shape index (κ3) is 6.82. The molecule has 0 bridgehead atoms. The number of anilines is 5. The van der Waals surface area contributed by atoms with E-state index in [0.717, 1.165) is 31.5 Å². The number of para-hydroxylation sites is 2. The number of rotatable bonds is 9. The molecular weight excluding hydrogens is 761 g/mol. The zero-order chi connectivity index (χ0) is 43.3. The summed E-state index contributed by atoms with van der Waals surface area (Å²) in [5, 5.41) is 4.96. The lowest BCUT2D eigenvalue weighted by molar-refractivity contribution is 0.703. The summed E-state index contributed by atoms with van der Waals surface area (Å²) in [5.74, 6) is 0. The van der Waals surface area contributed by atoms with Crippen LogP contribution in [0.15, 0.2) is 235 Å². The number of hydrogen-bond donors (Lipinski definition) is 0. The molecule has 0 radical (unpaired) electrons. The van der Waals surface area contributed by atoms with Crippen molar-refractivity contribution >= 4 is 50.0 Å². The fourth-order valence-corrected chi connectivity index (χ4v) is 10.6. The fraction of sp³-hybridized carbons (Fsp3) is 0.148. The van der Waals surface area contributed by atoms with E-state index >= 15 is 0 Å². The topological polar surface area (TPSA) is 6.48 Å². The van der Waals surface area contributed by atoms with E-state index in [-0.39, 0.29) is 0 Å². The second kappa shape index (κ2) is 18.1. The van der Waals surface area contributed by atoms with Gasteiger partial charge >= 0.3 is 0 Å². The third-order valence-corrected chi connectivity index (χ3v) is 12.9. The Kier molecular flexibility index (Phi) is 11.8. The molecule has 63 heavy (non-hydrogen) atoms. The Morgan fingerprint density at radius 1 is 0.540 bits per heavy atom. The van der Waals surface area contributed by atoms with Gasteiger partial charge in [-0.2, -0.15) is 0 Å². The van der Waals surface area contributed by atoms with Gasteiger partial charge in [-0.3, -0.25) is 0 Å². The first-order valence-electron chi connectivity index (χ1n) is 22.9. The highest BCUT2D eigenvalue weighted by atomic mass is 15.1. The van der Waals surface area contributed by atoms with Crippen LogP contribution < -0.4 is 9.80 Å². The van der Waals surface area contributed by atoms with Gasteiger partial charge in [-0.05, 0) is 111 Å². The first kappa shape index (κ1) is 41.2. The Labute approximate surface area is 374 Å². The zero-order valence-electron chi connectivity index (χ0n) is 37.1. The molecule has 1 unspecified atom stereocenters. The van der Waals surface area contributed by atoms with Gasteiger partial charge in [0.1, 0.15) is 0 Å². The highest BCUT2D eigenvalue weighted by Crippen LogP contribution is 2.65. The second-order valence-corrected chi connectivity index (χ2v) is 15.8. The summed E-state index contributed by atoms with van der Waals surface area (Å²) in [4.78, 5) is 5.01. The molecule has 0 aromatic heterocycles. The van der Waals surface area contributed by atoms with Crippen LogP contribution in [-0.4, -0.2) is 6.54 Å². The SMILES string of the molecule is C=CC1=C(CCN(c2ccccc2)c2cccc3ccccc23)C2=C(CCC=C2)C12c1ccccc1-c1c(N(c3ccccc3)c3cccc4ccccc34)cccc12.CC.CC. The molecule has 310 valence electrons. The molecule has 8 aromatic carbocycles. The quantitative estimate of drug-likeness (QED) is 0.143. The van der Waals surface area contributed by atoms with Crippen molar-refractivity contribution in [3.63, 3.8) is 0 Å². The van der Waals surface area contributed by atoms with Crippen molar-refractivity contribution in [1.29, 1.82) is 0 Å². The van der Waals surface area contributed by atoms with E-state index in [4.69, 9.17) is 0 Å². The van der Waals surface area contributed by atoms with E-state index in [2.05, 4.69) is 223 Å². The molecule has 3 aliphatic rings. The monoisotopic (exact) mass is 816 g/mol. The molecule has 11 rings (SSSR count). The van der Waals surface area contributed by atoms with Gasteiger partial charge in [0.15, 0.2) is 0 Å². The molecule has 1 atom stereocenters. The molecule has 0 saturated heterocycles. The Morgan fingerprint density at radius 2 is 1.08 bits per heavy atom. The maximum atomic E-state index is 4.65. The summed E-state index contributed by atoms with van der Waals surface area (Å²) in [5.41, 5.74) is 16.4. The van der Waals surface area contributed by atoms with Crippen LogP contribution in [0.25, 0.3) is 32.7 Å². The first-order chi connectivity index (χ1) is 31.3. The van der Waals surface area contributed by atoms with Gasteiger partial charge in [0.05, 0.1) is 16.8 Å². The molecule has 2 heteroatoms. The lowest BCUT2D eigenvalue weighted by Gasteiger charge is -2.35. The summed E-state index contributed by atoms with van der Waals surface area (Å²) in [6.45, 7) is 13.5. The molecule has 1 spiro atoms. The molecule has 0 N–H and O–H groups in total. The molecule has 2 nitrogen and oxygen atoms in total. The van der Waals surface area contributed by atoms with Crippen LogP contribution in [0.3, 0.4) is 0 Å². The predicted molar refractivity (Wildman–Crippen MR) is 272 cm³/mol. The Hall–Kier alpha value is -7.16. The van der Waals surface area contributed by atoms with Crippen molar-refractivity contribution in [2.45, 2.75) is 52.4 Å². The van der Waals surface area contributed by atoms with Crippen LogP contribution in [-0.2, 0) is 5.41 Å². The number of benzene rings is 8. The molecule has 0 heterocycles. The van der Waals surface area contributed by atoms with Crippen molar-refractivity contribution in [1.82, 2.24) is 0 Å². The smallest absolute Gasteiger partial charge is 0.0685 e. The maximum absolute atomic E-state index is 4.65. The number of fused-ring (bicyclic) bond motifs is 8. The highest BCUT2D eigenvalue weighted by Gasteiger charge is 2.53. The van der Waals surface area contributed by atoms with Crippen LogP contribution in [0.5, 0.6) is 0 Å². The highest BCUT2D eigenvalue weighted by molar-refractivity contribution is 6.04. The minimum absolute atomic E-state index is 0.447. The molecule has 3 aliphatic carbocycles. The van der Waals surface area contributed by atoms with E-state index in [1.54, 1.807) is 0 Å². The minimum atomic E-state index is -0.447. The standard InChI is InChI=1S/C57H44N2.2C2H6/c1-2-49-47(38-39-58(42-24-5-3-6-25-42)53-35-17-22-40-20-9-11-28-44(40)53)46-30-13-15-32-50(46)57(49)51-33-16-14-31-48(51)56-52(57)34-19-37-55(56)59(43-26-7-4-8-27-43)54-36-18-23-41-21-10-12-29-45(41)54;2*1-2/h2-14,16-31,33-37H,1,15,32,38-39H2;2*1-2H3. The summed E-state index contributed by atoms with van der Waals surface area (Å²) in [7, 11) is 0. The summed E-state index contributed by atoms with van der Waals surface area (Å²) in [6, 6.07) is 68.9. The molecular formula is C61H56N2. The predicted octanol–water partition coefficient (Wildman–Crippen LogP) is 17.2. The summed E-state index contributed by atoms with van der Waals surface area (Å²) >= 11 is 0. The molecule has 0 amide bonds. The Balaban J connectivity index is 0.00000123. The molecule has 8 aromatic rings. The van der Waals surface area contributed by atoms with Gasteiger partial charge in [-0.1, -0.05) is 198 Å². The molecule has 0 fully saturated rings. The van der Waals surface area contributed by atoms with E-state index in [0.29, 0.717) is 0 Å². The van der Waals surface area contributed by atoms with Crippen LogP contribution in [0, 0.1) is 0 Å².